The smallest absolute Gasteiger partial charge is 0.414 e. The molecule has 8 heteroatoms. The summed E-state index contributed by atoms with van der Waals surface area (Å²) in [5.74, 6) is -3.65. The maximum atomic E-state index is 10.6. The van der Waals surface area contributed by atoms with E-state index in [9.17, 15) is 10.1 Å². The fourth-order valence-electron chi connectivity index (χ4n) is 2.35. The molecule has 0 heterocycles. The highest BCUT2D eigenvalue weighted by Crippen LogP contribution is 2.18. The predicted octanol–water partition coefficient (Wildman–Crippen LogP) is 2.17. The third kappa shape index (κ3) is 7.37. The number of rotatable bonds is 4. The number of carbonyl (C=O) groups is 2. The Hall–Kier alpha value is -2.48. The second-order valence-corrected chi connectivity index (χ2v) is 5.25. The van der Waals surface area contributed by atoms with Crippen molar-refractivity contribution in [2.75, 3.05) is 0 Å². The lowest BCUT2D eigenvalue weighted by molar-refractivity contribution is -0.384. The number of hydrogen-bond acceptors (Lipinski definition) is 5. The van der Waals surface area contributed by atoms with Crippen LogP contribution in [0.5, 0.6) is 0 Å². The molecule has 3 N–H and O–H groups in total. The summed E-state index contributed by atoms with van der Waals surface area (Å²) in [7, 11) is 0. The number of carboxylic acids is 2. The first kappa shape index (κ1) is 18.6. The lowest BCUT2D eigenvalue weighted by atomic mass is 9.95. The second kappa shape index (κ2) is 9.52. The molecule has 0 bridgehead atoms. The summed E-state index contributed by atoms with van der Waals surface area (Å²) >= 11 is 0. The standard InChI is InChI=1S/C13H18N2O2.C2H2O4/c16-15(17)13-8-4-5-11(9-13)10-14-12-6-2-1-3-7-12;3-1(4)2(5)6/h4-5,8-9,12,14H,1-3,6-7,10H2;(H,3,4)(H,5,6). The molecule has 1 fully saturated rings. The van der Waals surface area contributed by atoms with E-state index in [1.165, 1.54) is 38.2 Å². The third-order valence-electron chi connectivity index (χ3n) is 3.50. The van der Waals surface area contributed by atoms with Crippen molar-refractivity contribution in [1.29, 1.82) is 0 Å². The normalized spacial score (nSPS) is 14.4. The molecule has 0 unspecified atom stereocenters. The number of hydrogen-bond donors (Lipinski definition) is 3. The molecule has 1 aromatic rings. The Morgan fingerprint density at radius 2 is 1.78 bits per heavy atom. The zero-order chi connectivity index (χ0) is 17.2. The summed E-state index contributed by atoms with van der Waals surface area (Å²) in [5.41, 5.74) is 1.16. The summed E-state index contributed by atoms with van der Waals surface area (Å²) in [6, 6.07) is 7.45. The van der Waals surface area contributed by atoms with Crippen LogP contribution in [0.15, 0.2) is 24.3 Å². The molecule has 0 aromatic heterocycles. The first-order valence-corrected chi connectivity index (χ1v) is 7.33. The molecular formula is C15H20N2O6. The molecule has 0 saturated heterocycles. The molecule has 1 saturated carbocycles. The Morgan fingerprint density at radius 3 is 2.30 bits per heavy atom. The third-order valence-corrected chi connectivity index (χ3v) is 3.50. The average Bonchev–Trinajstić information content (AvgIpc) is 2.54. The van der Waals surface area contributed by atoms with Gasteiger partial charge in [-0.2, -0.15) is 0 Å². The van der Waals surface area contributed by atoms with E-state index in [0.29, 0.717) is 6.04 Å². The van der Waals surface area contributed by atoms with Gasteiger partial charge < -0.3 is 15.5 Å². The van der Waals surface area contributed by atoms with Crippen molar-refractivity contribution in [3.05, 3.63) is 39.9 Å². The lowest BCUT2D eigenvalue weighted by Gasteiger charge is -2.22. The van der Waals surface area contributed by atoms with Gasteiger partial charge in [-0.3, -0.25) is 10.1 Å². The monoisotopic (exact) mass is 324 g/mol. The van der Waals surface area contributed by atoms with Crippen LogP contribution in [0.3, 0.4) is 0 Å². The highest BCUT2D eigenvalue weighted by molar-refractivity contribution is 6.27. The summed E-state index contributed by atoms with van der Waals surface area (Å²) in [4.78, 5) is 28.5. The summed E-state index contributed by atoms with van der Waals surface area (Å²) < 4.78 is 0. The van der Waals surface area contributed by atoms with E-state index in [-0.39, 0.29) is 10.6 Å². The van der Waals surface area contributed by atoms with Gasteiger partial charge in [-0.15, -0.1) is 0 Å². The van der Waals surface area contributed by atoms with Gasteiger partial charge in [0.15, 0.2) is 0 Å². The Labute approximate surface area is 133 Å². The summed E-state index contributed by atoms with van der Waals surface area (Å²) in [5, 5.41) is 28.9. The maximum absolute atomic E-state index is 10.6. The Kier molecular flexibility index (Phi) is 7.69. The number of nitrogens with zero attached hydrogens (tertiary/aromatic N) is 1. The zero-order valence-electron chi connectivity index (χ0n) is 12.6. The highest BCUT2D eigenvalue weighted by Gasteiger charge is 2.13. The molecule has 0 radical (unpaired) electrons. The van der Waals surface area contributed by atoms with Gasteiger partial charge in [-0.1, -0.05) is 31.4 Å². The molecule has 23 heavy (non-hydrogen) atoms. The van der Waals surface area contributed by atoms with Gasteiger partial charge in [-0.25, -0.2) is 9.59 Å². The largest absolute Gasteiger partial charge is 0.473 e. The van der Waals surface area contributed by atoms with Crippen molar-refractivity contribution >= 4 is 17.6 Å². The fourth-order valence-corrected chi connectivity index (χ4v) is 2.35. The molecule has 0 aliphatic heterocycles. The van der Waals surface area contributed by atoms with E-state index < -0.39 is 11.9 Å². The molecule has 2 rings (SSSR count). The van der Waals surface area contributed by atoms with Crippen molar-refractivity contribution in [3.63, 3.8) is 0 Å². The topological polar surface area (TPSA) is 130 Å². The van der Waals surface area contributed by atoms with Crippen LogP contribution in [0.25, 0.3) is 0 Å². The lowest BCUT2D eigenvalue weighted by Crippen LogP contribution is -2.30. The van der Waals surface area contributed by atoms with Crippen LogP contribution in [0.2, 0.25) is 0 Å². The van der Waals surface area contributed by atoms with Crippen molar-refractivity contribution in [3.8, 4) is 0 Å². The van der Waals surface area contributed by atoms with E-state index in [0.717, 1.165) is 12.1 Å². The number of benzene rings is 1. The number of nitro benzene ring substituents is 1. The van der Waals surface area contributed by atoms with E-state index in [4.69, 9.17) is 19.8 Å². The number of non-ortho nitro benzene ring substituents is 1. The minimum absolute atomic E-state index is 0.174. The first-order valence-electron chi connectivity index (χ1n) is 7.33. The maximum Gasteiger partial charge on any atom is 0.414 e. The van der Waals surface area contributed by atoms with Crippen LogP contribution >= 0.6 is 0 Å². The van der Waals surface area contributed by atoms with Crippen LogP contribution < -0.4 is 5.32 Å². The van der Waals surface area contributed by atoms with Gasteiger partial charge in [0.05, 0.1) is 4.92 Å². The summed E-state index contributed by atoms with van der Waals surface area (Å²) in [6.45, 7) is 0.729. The molecule has 0 atom stereocenters. The molecule has 8 nitrogen and oxygen atoms in total. The van der Waals surface area contributed by atoms with Crippen molar-refractivity contribution < 1.29 is 24.7 Å². The minimum atomic E-state index is -1.82. The second-order valence-electron chi connectivity index (χ2n) is 5.25. The Balaban J connectivity index is 0.000000379. The molecule has 0 spiro atoms. The van der Waals surface area contributed by atoms with Crippen molar-refractivity contribution in [2.45, 2.75) is 44.7 Å². The van der Waals surface area contributed by atoms with E-state index >= 15 is 0 Å². The number of carboxylic acid groups (broad SMARTS) is 2. The zero-order valence-corrected chi connectivity index (χ0v) is 12.6. The van der Waals surface area contributed by atoms with E-state index in [1.54, 1.807) is 12.1 Å². The number of aliphatic carboxylic acids is 2. The van der Waals surface area contributed by atoms with E-state index in [2.05, 4.69) is 5.32 Å². The van der Waals surface area contributed by atoms with Gasteiger partial charge in [0, 0.05) is 24.7 Å². The molecule has 126 valence electrons. The van der Waals surface area contributed by atoms with Crippen LogP contribution in [0.4, 0.5) is 5.69 Å². The van der Waals surface area contributed by atoms with Crippen LogP contribution in [-0.2, 0) is 16.1 Å². The summed E-state index contributed by atoms with van der Waals surface area (Å²) in [6.07, 6.45) is 6.40. The van der Waals surface area contributed by atoms with Crippen LogP contribution in [-0.4, -0.2) is 33.1 Å². The molecule has 0 amide bonds. The van der Waals surface area contributed by atoms with Gasteiger partial charge in [0.25, 0.3) is 5.69 Å². The highest BCUT2D eigenvalue weighted by atomic mass is 16.6. The van der Waals surface area contributed by atoms with Crippen molar-refractivity contribution in [1.82, 2.24) is 5.32 Å². The van der Waals surface area contributed by atoms with Gasteiger partial charge in [0.2, 0.25) is 0 Å². The quantitative estimate of drug-likeness (QED) is 0.439. The predicted molar refractivity (Wildman–Crippen MR) is 82.1 cm³/mol. The minimum Gasteiger partial charge on any atom is -0.473 e. The number of nitro groups is 1. The number of nitrogens with one attached hydrogen (secondary N) is 1. The van der Waals surface area contributed by atoms with Crippen LogP contribution in [0.1, 0.15) is 37.7 Å². The van der Waals surface area contributed by atoms with E-state index in [1.807, 2.05) is 6.07 Å². The van der Waals surface area contributed by atoms with Crippen LogP contribution in [0, 0.1) is 10.1 Å². The average molecular weight is 324 g/mol. The Bertz CT molecular complexity index is 543. The van der Waals surface area contributed by atoms with Crippen molar-refractivity contribution in [2.24, 2.45) is 0 Å². The first-order chi connectivity index (χ1) is 10.9. The SMILES string of the molecule is O=C(O)C(=O)O.O=[N+]([O-])c1cccc(CNC2CCCCC2)c1. The van der Waals surface area contributed by atoms with Gasteiger partial charge in [-0.05, 0) is 18.4 Å². The fraction of sp³-hybridized carbons (Fsp3) is 0.467. The van der Waals surface area contributed by atoms with Gasteiger partial charge >= 0.3 is 11.9 Å². The molecule has 1 aliphatic rings. The Morgan fingerprint density at radius 1 is 1.17 bits per heavy atom. The molecular weight excluding hydrogens is 304 g/mol. The molecule has 1 aromatic carbocycles. The van der Waals surface area contributed by atoms with Gasteiger partial charge in [0.1, 0.15) is 0 Å². The molecule has 1 aliphatic carbocycles.